The van der Waals surface area contributed by atoms with E-state index >= 15 is 0 Å². The molecule has 0 aliphatic rings. The molecule has 0 radical (unpaired) electrons. The van der Waals surface area contributed by atoms with Crippen LogP contribution in [0.4, 0.5) is 5.69 Å². The lowest BCUT2D eigenvalue weighted by Gasteiger charge is -2.06. The second-order valence-corrected chi connectivity index (χ2v) is 6.08. The number of nitrogens with one attached hydrogen (secondary N) is 1. The Morgan fingerprint density at radius 3 is 2.89 bits per heavy atom. The van der Waals surface area contributed by atoms with Crippen LogP contribution >= 0.6 is 38.9 Å². The maximum Gasteiger partial charge on any atom is 0.335 e. The van der Waals surface area contributed by atoms with Crippen molar-refractivity contribution in [2.75, 3.05) is 5.32 Å². The molecule has 0 amide bonds. The summed E-state index contributed by atoms with van der Waals surface area (Å²) in [5.41, 5.74) is 0.959. The summed E-state index contributed by atoms with van der Waals surface area (Å²) in [5, 5.41) is 12.1. The van der Waals surface area contributed by atoms with Gasteiger partial charge in [0, 0.05) is 21.2 Å². The van der Waals surface area contributed by atoms with Crippen LogP contribution < -0.4 is 5.32 Å². The number of hydrogen-bond acceptors (Lipinski definition) is 4. The molecule has 7 heteroatoms. The molecule has 1 heterocycles. The average Bonchev–Trinajstić information content (AvgIpc) is 2.72. The number of benzene rings is 1. The number of rotatable bonds is 4. The van der Waals surface area contributed by atoms with Gasteiger partial charge in [-0.05, 0) is 18.2 Å². The number of carbonyl (C=O) groups is 1. The van der Waals surface area contributed by atoms with Gasteiger partial charge >= 0.3 is 5.97 Å². The van der Waals surface area contributed by atoms with E-state index in [-0.39, 0.29) is 5.56 Å². The van der Waals surface area contributed by atoms with Gasteiger partial charge in [-0.25, -0.2) is 9.78 Å². The van der Waals surface area contributed by atoms with E-state index in [0.717, 1.165) is 10.6 Å². The predicted octanol–water partition coefficient (Wildman–Crippen LogP) is 3.87. The minimum atomic E-state index is -0.958. The molecular formula is C11H8BrClN2O2S. The number of aromatic carboxylic acids is 1. The van der Waals surface area contributed by atoms with Crippen molar-refractivity contribution in [3.8, 4) is 0 Å². The van der Waals surface area contributed by atoms with Crippen LogP contribution in [0, 0.1) is 0 Å². The van der Waals surface area contributed by atoms with E-state index in [2.05, 4.69) is 26.2 Å². The maximum absolute atomic E-state index is 10.9. The van der Waals surface area contributed by atoms with E-state index in [0.29, 0.717) is 15.5 Å². The molecule has 0 spiro atoms. The van der Waals surface area contributed by atoms with Gasteiger partial charge in [-0.3, -0.25) is 0 Å². The molecule has 0 aliphatic carbocycles. The number of nitrogens with zero attached hydrogens (tertiary/aromatic N) is 1. The summed E-state index contributed by atoms with van der Waals surface area (Å²) in [6.07, 6.45) is 1.69. The molecule has 1 aromatic carbocycles. The molecule has 18 heavy (non-hydrogen) atoms. The zero-order valence-corrected chi connectivity index (χ0v) is 12.1. The highest BCUT2D eigenvalue weighted by molar-refractivity contribution is 9.10. The molecule has 0 atom stereocenters. The Morgan fingerprint density at radius 2 is 2.28 bits per heavy atom. The largest absolute Gasteiger partial charge is 0.478 e. The molecule has 0 saturated heterocycles. The van der Waals surface area contributed by atoms with Gasteiger partial charge in [-0.2, -0.15) is 0 Å². The Labute approximate surface area is 121 Å². The quantitative estimate of drug-likeness (QED) is 0.881. The Hall–Kier alpha value is -1.11. The van der Waals surface area contributed by atoms with Crippen LogP contribution in [-0.4, -0.2) is 16.1 Å². The normalized spacial score (nSPS) is 10.3. The average molecular weight is 348 g/mol. The molecule has 2 N–H and O–H groups in total. The fourth-order valence-electron chi connectivity index (χ4n) is 1.37. The minimum absolute atomic E-state index is 0.231. The number of halogens is 2. The van der Waals surface area contributed by atoms with E-state index < -0.39 is 5.97 Å². The molecular weight excluding hydrogens is 340 g/mol. The second kappa shape index (κ2) is 5.69. The van der Waals surface area contributed by atoms with Crippen LogP contribution in [0.15, 0.2) is 28.9 Å². The van der Waals surface area contributed by atoms with Crippen molar-refractivity contribution < 1.29 is 9.90 Å². The number of carboxylic acids is 1. The van der Waals surface area contributed by atoms with E-state index in [1.165, 1.54) is 11.3 Å². The molecule has 0 aliphatic heterocycles. The fraction of sp³-hybridized carbons (Fsp3) is 0.0909. The van der Waals surface area contributed by atoms with Crippen molar-refractivity contribution in [1.82, 2.24) is 4.98 Å². The standard InChI is InChI=1S/C11H8BrClN2O2S/c12-7-1-6(10(16)17)2-8(3-7)14-4-9-5-15-11(13)18-9/h1-3,5,14H,4H2,(H,16,17). The van der Waals surface area contributed by atoms with Crippen LogP contribution in [0.1, 0.15) is 15.2 Å². The maximum atomic E-state index is 10.9. The van der Waals surface area contributed by atoms with E-state index in [4.69, 9.17) is 16.7 Å². The van der Waals surface area contributed by atoms with Crippen molar-refractivity contribution in [1.29, 1.82) is 0 Å². The van der Waals surface area contributed by atoms with Gasteiger partial charge < -0.3 is 10.4 Å². The number of anilines is 1. The smallest absolute Gasteiger partial charge is 0.335 e. The minimum Gasteiger partial charge on any atom is -0.478 e. The van der Waals surface area contributed by atoms with Crippen LogP contribution in [0.3, 0.4) is 0 Å². The SMILES string of the molecule is O=C(O)c1cc(Br)cc(NCc2cnc(Cl)s2)c1. The summed E-state index contributed by atoms with van der Waals surface area (Å²) in [7, 11) is 0. The third-order valence-corrected chi connectivity index (χ3v) is 3.71. The Morgan fingerprint density at radius 1 is 1.50 bits per heavy atom. The first-order valence-electron chi connectivity index (χ1n) is 4.92. The van der Waals surface area contributed by atoms with Crippen molar-refractivity contribution in [2.45, 2.75) is 6.54 Å². The number of carboxylic acid groups (broad SMARTS) is 1. The number of aromatic nitrogens is 1. The molecule has 0 fully saturated rings. The van der Waals surface area contributed by atoms with Crippen molar-refractivity contribution in [3.63, 3.8) is 0 Å². The summed E-state index contributed by atoms with van der Waals surface area (Å²) in [6.45, 7) is 0.555. The Bertz CT molecular complexity index is 588. The highest BCUT2D eigenvalue weighted by atomic mass is 79.9. The van der Waals surface area contributed by atoms with E-state index in [9.17, 15) is 4.79 Å². The van der Waals surface area contributed by atoms with Gasteiger partial charge in [-0.1, -0.05) is 27.5 Å². The molecule has 4 nitrogen and oxygen atoms in total. The Kier molecular flexibility index (Phi) is 4.21. The van der Waals surface area contributed by atoms with Gasteiger partial charge in [0.05, 0.1) is 12.1 Å². The number of hydrogen-bond donors (Lipinski definition) is 2. The molecule has 0 bridgehead atoms. The third-order valence-electron chi connectivity index (χ3n) is 2.14. The first-order valence-corrected chi connectivity index (χ1v) is 6.91. The first-order chi connectivity index (χ1) is 8.54. The molecule has 94 valence electrons. The van der Waals surface area contributed by atoms with Crippen LogP contribution in [0.5, 0.6) is 0 Å². The van der Waals surface area contributed by atoms with Gasteiger partial charge in [0.15, 0.2) is 4.47 Å². The van der Waals surface area contributed by atoms with E-state index in [1.54, 1.807) is 18.3 Å². The second-order valence-electron chi connectivity index (χ2n) is 3.47. The predicted molar refractivity (Wildman–Crippen MR) is 75.6 cm³/mol. The molecule has 2 aromatic rings. The van der Waals surface area contributed by atoms with Gasteiger partial charge in [0.25, 0.3) is 0 Å². The zero-order valence-electron chi connectivity index (χ0n) is 8.98. The van der Waals surface area contributed by atoms with Crippen LogP contribution in [-0.2, 0) is 6.54 Å². The van der Waals surface area contributed by atoms with Gasteiger partial charge in [0.2, 0.25) is 0 Å². The molecule has 0 unspecified atom stereocenters. The van der Waals surface area contributed by atoms with Crippen molar-refractivity contribution >= 4 is 50.5 Å². The van der Waals surface area contributed by atoms with Gasteiger partial charge in [0.1, 0.15) is 0 Å². The fourth-order valence-corrected chi connectivity index (χ4v) is 2.78. The van der Waals surface area contributed by atoms with Gasteiger partial charge in [-0.15, -0.1) is 11.3 Å². The van der Waals surface area contributed by atoms with Crippen LogP contribution in [0.25, 0.3) is 0 Å². The monoisotopic (exact) mass is 346 g/mol. The summed E-state index contributed by atoms with van der Waals surface area (Å²) in [6, 6.07) is 4.95. The lowest BCUT2D eigenvalue weighted by molar-refractivity contribution is 0.0697. The summed E-state index contributed by atoms with van der Waals surface area (Å²) in [5.74, 6) is -0.958. The topological polar surface area (TPSA) is 62.2 Å². The highest BCUT2D eigenvalue weighted by Crippen LogP contribution is 2.22. The van der Waals surface area contributed by atoms with Crippen LogP contribution in [0.2, 0.25) is 4.47 Å². The third kappa shape index (κ3) is 3.44. The Balaban J connectivity index is 2.11. The lowest BCUT2D eigenvalue weighted by Crippen LogP contribution is -2.01. The summed E-state index contributed by atoms with van der Waals surface area (Å²) < 4.78 is 1.21. The number of thiazole rings is 1. The molecule has 0 saturated carbocycles. The summed E-state index contributed by atoms with van der Waals surface area (Å²) in [4.78, 5) is 15.8. The highest BCUT2D eigenvalue weighted by Gasteiger charge is 2.06. The first kappa shape index (κ1) is 13.3. The van der Waals surface area contributed by atoms with Crippen molar-refractivity contribution in [3.05, 3.63) is 43.8 Å². The summed E-state index contributed by atoms with van der Waals surface area (Å²) >= 11 is 10.4. The zero-order chi connectivity index (χ0) is 13.1. The molecule has 1 aromatic heterocycles. The van der Waals surface area contributed by atoms with Crippen molar-refractivity contribution in [2.24, 2.45) is 0 Å². The lowest BCUT2D eigenvalue weighted by atomic mass is 10.2. The molecule has 2 rings (SSSR count). The van der Waals surface area contributed by atoms with E-state index in [1.807, 2.05) is 6.07 Å².